The molecule has 4 heteroatoms. The van der Waals surface area contributed by atoms with E-state index in [1.54, 1.807) is 6.20 Å². The van der Waals surface area contributed by atoms with Crippen molar-refractivity contribution in [2.45, 2.75) is 51.9 Å². The molecule has 0 aromatic carbocycles. The minimum Gasteiger partial charge on any atom is -0.299 e. The van der Waals surface area contributed by atoms with Crippen LogP contribution in [0.5, 0.6) is 0 Å². The Kier molecular flexibility index (Phi) is 3.25. The average Bonchev–Trinajstić information content (AvgIpc) is 2.90. The van der Waals surface area contributed by atoms with E-state index in [1.165, 1.54) is 17.0 Å². The fraction of sp³-hybridized carbons (Fsp3) is 0.550. The summed E-state index contributed by atoms with van der Waals surface area (Å²) >= 11 is 0. The molecule has 4 rings (SSSR count). The van der Waals surface area contributed by atoms with Crippen LogP contribution in [0, 0.1) is 11.3 Å². The molecule has 126 valence electrons. The van der Waals surface area contributed by atoms with Gasteiger partial charge in [-0.25, -0.2) is 0 Å². The van der Waals surface area contributed by atoms with Gasteiger partial charge in [0.1, 0.15) is 5.78 Å². The molecule has 0 unspecified atom stereocenters. The summed E-state index contributed by atoms with van der Waals surface area (Å²) in [5.74, 6) is 0.784. The average molecular weight is 323 g/mol. The van der Waals surface area contributed by atoms with E-state index in [1.807, 2.05) is 24.0 Å². The van der Waals surface area contributed by atoms with E-state index in [-0.39, 0.29) is 10.8 Å². The molecule has 2 heterocycles. The minimum atomic E-state index is -0.253. The topological polar surface area (TPSA) is 47.8 Å². The summed E-state index contributed by atoms with van der Waals surface area (Å²) in [6, 6.07) is 4.08. The van der Waals surface area contributed by atoms with Crippen LogP contribution in [0.1, 0.15) is 51.3 Å². The van der Waals surface area contributed by atoms with E-state index in [9.17, 15) is 4.79 Å². The Morgan fingerprint density at radius 2 is 2.04 bits per heavy atom. The normalized spacial score (nSPS) is 28.3. The van der Waals surface area contributed by atoms with Gasteiger partial charge in [0, 0.05) is 47.8 Å². The molecule has 2 aliphatic carbocycles. The number of rotatable bonds is 1. The van der Waals surface area contributed by atoms with Crippen molar-refractivity contribution >= 4 is 5.78 Å². The number of aromatic nitrogens is 3. The molecule has 0 bridgehead atoms. The predicted octanol–water partition coefficient (Wildman–Crippen LogP) is 3.69. The van der Waals surface area contributed by atoms with Crippen molar-refractivity contribution in [2.75, 3.05) is 0 Å². The second-order valence-corrected chi connectivity index (χ2v) is 8.19. The van der Waals surface area contributed by atoms with Gasteiger partial charge in [0.05, 0.1) is 11.4 Å². The number of hydrogen-bond donors (Lipinski definition) is 0. The summed E-state index contributed by atoms with van der Waals surface area (Å²) in [5, 5.41) is 4.95. The lowest BCUT2D eigenvalue weighted by atomic mass is 9.51. The van der Waals surface area contributed by atoms with Gasteiger partial charge < -0.3 is 0 Å². The SMILES string of the molecule is Cn1nc2c(c1-c1cccnc1)CC[C@H]1C(C)(C)C(=O)CC[C@]21C. The third-order valence-corrected chi connectivity index (χ3v) is 6.53. The molecule has 0 aliphatic heterocycles. The molecule has 0 spiro atoms. The second-order valence-electron chi connectivity index (χ2n) is 8.19. The number of aryl methyl sites for hydroxylation is 1. The number of carbonyl (C=O) groups is 1. The fourth-order valence-corrected chi connectivity index (χ4v) is 5.24. The van der Waals surface area contributed by atoms with Crippen LogP contribution in [-0.4, -0.2) is 20.5 Å². The Balaban J connectivity index is 1.88. The highest BCUT2D eigenvalue weighted by Crippen LogP contribution is 2.56. The standard InChI is InChI=1S/C20H25N3O/c1-19(2)15-8-7-14-17(13-6-5-11-21-12-13)23(4)22-18(14)20(15,3)10-9-16(19)24/h5-6,11-12,15H,7-10H2,1-4H3/t15-,20-/m0/s1. The van der Waals surface area contributed by atoms with Gasteiger partial charge in [-0.2, -0.15) is 5.10 Å². The van der Waals surface area contributed by atoms with Crippen molar-refractivity contribution in [3.8, 4) is 11.3 Å². The Bertz CT molecular complexity index is 806. The fourth-order valence-electron chi connectivity index (χ4n) is 5.24. The van der Waals surface area contributed by atoms with Gasteiger partial charge in [0.2, 0.25) is 0 Å². The quantitative estimate of drug-likeness (QED) is 0.804. The van der Waals surface area contributed by atoms with Crippen LogP contribution in [0.25, 0.3) is 11.3 Å². The first kappa shape index (κ1) is 15.6. The number of fused-ring (bicyclic) bond motifs is 3. The molecule has 2 aromatic rings. The molecule has 0 amide bonds. The third kappa shape index (κ3) is 1.95. The van der Waals surface area contributed by atoms with E-state index in [0.29, 0.717) is 18.1 Å². The van der Waals surface area contributed by atoms with Crippen molar-refractivity contribution in [3.63, 3.8) is 0 Å². The zero-order chi connectivity index (χ0) is 17.1. The first-order valence-corrected chi connectivity index (χ1v) is 8.86. The number of ketones is 1. The summed E-state index contributed by atoms with van der Waals surface area (Å²) in [7, 11) is 2.03. The van der Waals surface area contributed by atoms with Crippen LogP contribution in [0.2, 0.25) is 0 Å². The van der Waals surface area contributed by atoms with Crippen molar-refractivity contribution < 1.29 is 4.79 Å². The molecule has 4 nitrogen and oxygen atoms in total. The molecule has 2 atom stereocenters. The van der Waals surface area contributed by atoms with Crippen LogP contribution >= 0.6 is 0 Å². The van der Waals surface area contributed by atoms with Crippen molar-refractivity contribution in [3.05, 3.63) is 35.8 Å². The first-order chi connectivity index (χ1) is 11.4. The maximum absolute atomic E-state index is 12.5. The summed E-state index contributed by atoms with van der Waals surface area (Å²) in [5.41, 5.74) is 4.62. The molecular formula is C20H25N3O. The Labute approximate surface area is 143 Å². The highest BCUT2D eigenvalue weighted by atomic mass is 16.1. The van der Waals surface area contributed by atoms with Crippen LogP contribution in [-0.2, 0) is 23.7 Å². The number of Topliss-reactive ketones (excluding diaryl/α,β-unsaturated/α-hetero) is 1. The van der Waals surface area contributed by atoms with Crippen molar-refractivity contribution in [1.29, 1.82) is 0 Å². The minimum absolute atomic E-state index is 0.0107. The lowest BCUT2D eigenvalue weighted by Gasteiger charge is -2.51. The zero-order valence-corrected chi connectivity index (χ0v) is 15.0. The summed E-state index contributed by atoms with van der Waals surface area (Å²) in [6.45, 7) is 6.59. The first-order valence-electron chi connectivity index (χ1n) is 8.86. The summed E-state index contributed by atoms with van der Waals surface area (Å²) in [6.07, 6.45) is 7.35. The van der Waals surface area contributed by atoms with Gasteiger partial charge in [-0.1, -0.05) is 20.8 Å². The molecular weight excluding hydrogens is 298 g/mol. The largest absolute Gasteiger partial charge is 0.299 e. The van der Waals surface area contributed by atoms with Gasteiger partial charge >= 0.3 is 0 Å². The lowest BCUT2D eigenvalue weighted by Crippen LogP contribution is -2.52. The third-order valence-electron chi connectivity index (χ3n) is 6.53. The van der Waals surface area contributed by atoms with Gasteiger partial charge in [-0.05, 0) is 37.3 Å². The summed E-state index contributed by atoms with van der Waals surface area (Å²) < 4.78 is 2.01. The van der Waals surface area contributed by atoms with Gasteiger partial charge in [0.15, 0.2) is 0 Å². The number of hydrogen-bond acceptors (Lipinski definition) is 3. The Hall–Kier alpha value is -1.97. The summed E-state index contributed by atoms with van der Waals surface area (Å²) in [4.78, 5) is 16.8. The van der Waals surface area contributed by atoms with E-state index < -0.39 is 0 Å². The van der Waals surface area contributed by atoms with E-state index in [0.717, 1.165) is 24.8 Å². The van der Waals surface area contributed by atoms with Gasteiger partial charge in [0.25, 0.3) is 0 Å². The van der Waals surface area contributed by atoms with Crippen molar-refractivity contribution in [2.24, 2.45) is 18.4 Å². The predicted molar refractivity (Wildman–Crippen MR) is 93.6 cm³/mol. The Morgan fingerprint density at radius 1 is 1.25 bits per heavy atom. The van der Waals surface area contributed by atoms with E-state index in [4.69, 9.17) is 5.10 Å². The van der Waals surface area contributed by atoms with E-state index >= 15 is 0 Å². The zero-order valence-electron chi connectivity index (χ0n) is 15.0. The molecule has 2 aromatic heterocycles. The number of pyridine rings is 1. The van der Waals surface area contributed by atoms with Crippen molar-refractivity contribution in [1.82, 2.24) is 14.8 Å². The lowest BCUT2D eigenvalue weighted by molar-refractivity contribution is -0.137. The van der Waals surface area contributed by atoms with Gasteiger partial charge in [-0.15, -0.1) is 0 Å². The highest BCUT2D eigenvalue weighted by molar-refractivity contribution is 5.86. The second kappa shape index (κ2) is 5.01. The molecule has 0 N–H and O–H groups in total. The molecule has 1 saturated carbocycles. The maximum Gasteiger partial charge on any atom is 0.138 e. The van der Waals surface area contributed by atoms with Crippen LogP contribution < -0.4 is 0 Å². The molecule has 0 saturated heterocycles. The van der Waals surface area contributed by atoms with Gasteiger partial charge in [-0.3, -0.25) is 14.5 Å². The molecule has 1 fully saturated rings. The van der Waals surface area contributed by atoms with E-state index in [2.05, 4.69) is 31.8 Å². The highest BCUT2D eigenvalue weighted by Gasteiger charge is 2.55. The molecule has 0 radical (unpaired) electrons. The van der Waals surface area contributed by atoms with Crippen LogP contribution in [0.4, 0.5) is 0 Å². The smallest absolute Gasteiger partial charge is 0.138 e. The number of carbonyl (C=O) groups excluding carboxylic acids is 1. The van der Waals surface area contributed by atoms with Crippen LogP contribution in [0.3, 0.4) is 0 Å². The Morgan fingerprint density at radius 3 is 2.75 bits per heavy atom. The monoisotopic (exact) mass is 323 g/mol. The maximum atomic E-state index is 12.5. The molecule has 24 heavy (non-hydrogen) atoms. The number of nitrogens with zero attached hydrogens (tertiary/aromatic N) is 3. The molecule has 2 aliphatic rings. The van der Waals surface area contributed by atoms with Crippen LogP contribution in [0.15, 0.2) is 24.5 Å².